The second kappa shape index (κ2) is 5.60. The minimum absolute atomic E-state index is 0.286. The number of piperazine rings is 1. The fourth-order valence-corrected chi connectivity index (χ4v) is 3.95. The zero-order valence-electron chi connectivity index (χ0n) is 12.1. The molecule has 110 valence electrons. The standard InChI is InChI=1S/C16H22BrClN2/c1-11-8-19-16(2,13-4-5-13)10-20(11)9-12-3-6-14(17)7-15(12)18/h3,6-7,11,13,19H,4-5,8-10H2,1-2H3. The van der Waals surface area contributed by atoms with Gasteiger partial charge in [0.15, 0.2) is 0 Å². The Hall–Kier alpha value is -0.0900. The smallest absolute Gasteiger partial charge is 0.0462 e. The first-order valence-electron chi connectivity index (χ1n) is 7.41. The predicted octanol–water partition coefficient (Wildman–Crippen LogP) is 4.06. The van der Waals surface area contributed by atoms with Gasteiger partial charge in [-0.1, -0.05) is 33.6 Å². The molecule has 0 amide bonds. The van der Waals surface area contributed by atoms with Gasteiger partial charge in [-0.15, -0.1) is 0 Å². The first-order valence-corrected chi connectivity index (χ1v) is 8.58. The molecular weight excluding hydrogens is 336 g/mol. The van der Waals surface area contributed by atoms with Crippen LogP contribution in [0.1, 0.15) is 32.3 Å². The summed E-state index contributed by atoms with van der Waals surface area (Å²) in [6, 6.07) is 6.76. The number of nitrogens with zero attached hydrogens (tertiary/aromatic N) is 1. The van der Waals surface area contributed by atoms with E-state index < -0.39 is 0 Å². The van der Waals surface area contributed by atoms with Crippen molar-refractivity contribution >= 4 is 27.5 Å². The van der Waals surface area contributed by atoms with Gasteiger partial charge < -0.3 is 5.32 Å². The van der Waals surface area contributed by atoms with Crippen molar-refractivity contribution in [3.8, 4) is 0 Å². The van der Waals surface area contributed by atoms with Gasteiger partial charge in [-0.3, -0.25) is 4.90 Å². The molecule has 4 heteroatoms. The normalized spacial score (nSPS) is 31.5. The molecule has 2 aliphatic rings. The lowest BCUT2D eigenvalue weighted by atomic mass is 9.91. The summed E-state index contributed by atoms with van der Waals surface area (Å²) >= 11 is 9.84. The van der Waals surface area contributed by atoms with Crippen molar-refractivity contribution in [2.75, 3.05) is 13.1 Å². The molecule has 2 fully saturated rings. The van der Waals surface area contributed by atoms with Crippen molar-refractivity contribution in [3.05, 3.63) is 33.3 Å². The maximum Gasteiger partial charge on any atom is 0.0462 e. The van der Waals surface area contributed by atoms with E-state index in [4.69, 9.17) is 11.6 Å². The van der Waals surface area contributed by atoms with Gasteiger partial charge in [0, 0.05) is 40.7 Å². The number of hydrogen-bond donors (Lipinski definition) is 1. The van der Waals surface area contributed by atoms with Crippen LogP contribution < -0.4 is 5.32 Å². The molecule has 1 saturated carbocycles. The van der Waals surface area contributed by atoms with Crippen LogP contribution in [0.5, 0.6) is 0 Å². The van der Waals surface area contributed by atoms with E-state index in [0.29, 0.717) is 6.04 Å². The van der Waals surface area contributed by atoms with Gasteiger partial charge in [0.25, 0.3) is 0 Å². The van der Waals surface area contributed by atoms with Crippen molar-refractivity contribution in [3.63, 3.8) is 0 Å². The van der Waals surface area contributed by atoms with Crippen molar-refractivity contribution < 1.29 is 0 Å². The number of nitrogens with one attached hydrogen (secondary N) is 1. The van der Waals surface area contributed by atoms with E-state index in [9.17, 15) is 0 Å². The average molecular weight is 358 g/mol. The zero-order chi connectivity index (χ0) is 14.3. The Morgan fingerprint density at radius 2 is 2.20 bits per heavy atom. The van der Waals surface area contributed by atoms with Crippen molar-refractivity contribution in [1.29, 1.82) is 0 Å². The van der Waals surface area contributed by atoms with E-state index in [2.05, 4.69) is 52.1 Å². The number of halogens is 2. The molecule has 1 aromatic carbocycles. The molecule has 1 aromatic rings. The van der Waals surface area contributed by atoms with E-state index in [1.807, 2.05) is 6.07 Å². The Morgan fingerprint density at radius 1 is 1.45 bits per heavy atom. The predicted molar refractivity (Wildman–Crippen MR) is 88.2 cm³/mol. The second-order valence-electron chi connectivity index (χ2n) is 6.56. The fourth-order valence-electron chi connectivity index (χ4n) is 3.22. The lowest BCUT2D eigenvalue weighted by molar-refractivity contribution is 0.0770. The summed E-state index contributed by atoms with van der Waals surface area (Å²) in [5.74, 6) is 0.859. The molecule has 2 nitrogen and oxygen atoms in total. The minimum Gasteiger partial charge on any atom is -0.308 e. The largest absolute Gasteiger partial charge is 0.308 e. The highest BCUT2D eigenvalue weighted by Crippen LogP contribution is 2.41. The van der Waals surface area contributed by atoms with Gasteiger partial charge in [-0.2, -0.15) is 0 Å². The molecule has 0 aromatic heterocycles. The van der Waals surface area contributed by atoms with Crippen LogP contribution in [0.25, 0.3) is 0 Å². The first kappa shape index (κ1) is 14.8. The monoisotopic (exact) mass is 356 g/mol. The molecule has 1 saturated heterocycles. The van der Waals surface area contributed by atoms with Gasteiger partial charge >= 0.3 is 0 Å². The lowest BCUT2D eigenvalue weighted by Crippen LogP contribution is -2.62. The van der Waals surface area contributed by atoms with Gasteiger partial charge in [-0.05, 0) is 50.3 Å². The van der Waals surface area contributed by atoms with Crippen molar-refractivity contribution in [1.82, 2.24) is 10.2 Å². The highest BCUT2D eigenvalue weighted by atomic mass is 79.9. The van der Waals surface area contributed by atoms with E-state index in [1.54, 1.807) is 0 Å². The van der Waals surface area contributed by atoms with Crippen LogP contribution in [0, 0.1) is 5.92 Å². The molecule has 20 heavy (non-hydrogen) atoms. The summed E-state index contributed by atoms with van der Waals surface area (Å²) in [5.41, 5.74) is 1.51. The summed E-state index contributed by atoms with van der Waals surface area (Å²) in [6.07, 6.45) is 2.76. The Kier molecular flexibility index (Phi) is 4.15. The summed E-state index contributed by atoms with van der Waals surface area (Å²) in [6.45, 7) is 7.81. The Bertz CT molecular complexity index is 503. The number of rotatable bonds is 3. The maximum absolute atomic E-state index is 6.37. The number of hydrogen-bond acceptors (Lipinski definition) is 2. The molecule has 0 bridgehead atoms. The molecule has 1 N–H and O–H groups in total. The van der Waals surface area contributed by atoms with Crippen LogP contribution in [-0.4, -0.2) is 29.6 Å². The van der Waals surface area contributed by atoms with Gasteiger partial charge in [0.1, 0.15) is 0 Å². The molecule has 1 heterocycles. The van der Waals surface area contributed by atoms with Gasteiger partial charge in [-0.25, -0.2) is 0 Å². The van der Waals surface area contributed by atoms with Crippen molar-refractivity contribution in [2.45, 2.75) is 44.8 Å². The fraction of sp³-hybridized carbons (Fsp3) is 0.625. The summed E-state index contributed by atoms with van der Waals surface area (Å²) < 4.78 is 1.04. The van der Waals surface area contributed by atoms with E-state index in [-0.39, 0.29) is 5.54 Å². The quantitative estimate of drug-likeness (QED) is 0.877. The van der Waals surface area contributed by atoms with E-state index in [1.165, 1.54) is 18.4 Å². The Labute approximate surface area is 135 Å². The molecule has 2 atom stereocenters. The third kappa shape index (κ3) is 3.06. The Balaban J connectivity index is 1.74. The van der Waals surface area contributed by atoms with E-state index >= 15 is 0 Å². The lowest BCUT2D eigenvalue weighted by Gasteiger charge is -2.45. The molecular formula is C16H22BrClN2. The molecule has 3 rings (SSSR count). The average Bonchev–Trinajstić information content (AvgIpc) is 3.22. The third-order valence-electron chi connectivity index (χ3n) is 4.82. The highest BCUT2D eigenvalue weighted by molar-refractivity contribution is 9.10. The minimum atomic E-state index is 0.286. The topological polar surface area (TPSA) is 15.3 Å². The Morgan fingerprint density at radius 3 is 2.85 bits per heavy atom. The van der Waals surface area contributed by atoms with Crippen LogP contribution in [0.15, 0.2) is 22.7 Å². The van der Waals surface area contributed by atoms with Crippen LogP contribution in [0.3, 0.4) is 0 Å². The highest BCUT2D eigenvalue weighted by Gasteiger charge is 2.45. The zero-order valence-corrected chi connectivity index (χ0v) is 14.5. The SMILES string of the molecule is CC1CNC(C)(C2CC2)CN1Cc1ccc(Br)cc1Cl. The first-order chi connectivity index (χ1) is 9.48. The summed E-state index contributed by atoms with van der Waals surface area (Å²) in [4.78, 5) is 2.57. The molecule has 0 radical (unpaired) electrons. The molecule has 0 spiro atoms. The molecule has 2 unspecified atom stereocenters. The van der Waals surface area contributed by atoms with Crippen LogP contribution in [-0.2, 0) is 6.54 Å². The van der Waals surface area contributed by atoms with Crippen molar-refractivity contribution in [2.24, 2.45) is 5.92 Å². The second-order valence-corrected chi connectivity index (χ2v) is 7.89. The van der Waals surface area contributed by atoms with Crippen LogP contribution >= 0.6 is 27.5 Å². The van der Waals surface area contributed by atoms with E-state index in [0.717, 1.165) is 35.0 Å². The van der Waals surface area contributed by atoms with Crippen LogP contribution in [0.2, 0.25) is 5.02 Å². The summed E-state index contributed by atoms with van der Waals surface area (Å²) in [7, 11) is 0. The third-order valence-corrected chi connectivity index (χ3v) is 5.67. The summed E-state index contributed by atoms with van der Waals surface area (Å²) in [5, 5.41) is 4.62. The molecule has 1 aliphatic carbocycles. The van der Waals surface area contributed by atoms with Crippen LogP contribution in [0.4, 0.5) is 0 Å². The number of benzene rings is 1. The van der Waals surface area contributed by atoms with Gasteiger partial charge in [0.05, 0.1) is 0 Å². The molecule has 1 aliphatic heterocycles. The maximum atomic E-state index is 6.37. The van der Waals surface area contributed by atoms with Gasteiger partial charge in [0.2, 0.25) is 0 Å².